The summed E-state index contributed by atoms with van der Waals surface area (Å²) in [6.07, 6.45) is 3.12. The maximum absolute atomic E-state index is 13.0. The maximum Gasteiger partial charge on any atom is 0.337 e. The summed E-state index contributed by atoms with van der Waals surface area (Å²) in [5.41, 5.74) is 4.07. The number of aromatic nitrogens is 2. The first kappa shape index (κ1) is 16.7. The number of halogens is 2. The molecule has 0 spiro atoms. The van der Waals surface area contributed by atoms with Crippen molar-refractivity contribution in [2.24, 2.45) is 5.92 Å². The van der Waals surface area contributed by atoms with Crippen molar-refractivity contribution >= 4 is 5.97 Å². The Balaban J connectivity index is 1.69. The van der Waals surface area contributed by atoms with Gasteiger partial charge in [0, 0.05) is 31.1 Å². The highest BCUT2D eigenvalue weighted by atomic mass is 19.3. The van der Waals surface area contributed by atoms with Gasteiger partial charge in [0.05, 0.1) is 30.0 Å². The molecule has 0 atom stereocenters. The van der Waals surface area contributed by atoms with E-state index in [-0.39, 0.29) is 18.8 Å². The fraction of sp³-hybridized carbons (Fsp3) is 0.421. The highest BCUT2D eigenvalue weighted by Gasteiger charge is 2.45. The quantitative estimate of drug-likeness (QED) is 0.790. The van der Waals surface area contributed by atoms with Gasteiger partial charge in [0.1, 0.15) is 0 Å². The second-order valence-electron chi connectivity index (χ2n) is 7.02. The van der Waals surface area contributed by atoms with E-state index in [4.69, 9.17) is 4.74 Å². The molecule has 0 bridgehead atoms. The van der Waals surface area contributed by atoms with Crippen LogP contribution in [0.2, 0.25) is 0 Å². The summed E-state index contributed by atoms with van der Waals surface area (Å²) in [6, 6.07) is 5.41. The molecule has 0 unspecified atom stereocenters. The predicted octanol–water partition coefficient (Wildman–Crippen LogP) is 3.35. The Kier molecular flexibility index (Phi) is 3.79. The van der Waals surface area contributed by atoms with E-state index < -0.39 is 11.9 Å². The fourth-order valence-electron chi connectivity index (χ4n) is 3.90. The molecule has 5 nitrogen and oxygen atoms in total. The zero-order valence-electron chi connectivity index (χ0n) is 14.3. The zero-order chi connectivity index (χ0) is 18.5. The van der Waals surface area contributed by atoms with Crippen LogP contribution in [0.3, 0.4) is 0 Å². The number of nitrogens with zero attached hydrogens (tertiary/aromatic N) is 3. The van der Waals surface area contributed by atoms with E-state index in [0.29, 0.717) is 29.8 Å². The summed E-state index contributed by atoms with van der Waals surface area (Å²) < 4.78 is 32.6. The Bertz CT molecular complexity index is 935. The predicted molar refractivity (Wildman–Crippen MR) is 88.8 cm³/mol. The van der Waals surface area contributed by atoms with Crippen LogP contribution in [0, 0.1) is 17.2 Å². The molecule has 1 aromatic carbocycles. The number of carbonyl (C=O) groups excluding carboxylic acids is 1. The molecule has 1 saturated carbocycles. The second-order valence-corrected chi connectivity index (χ2v) is 7.02. The van der Waals surface area contributed by atoms with Crippen LogP contribution in [0.1, 0.15) is 39.9 Å². The van der Waals surface area contributed by atoms with Gasteiger partial charge in [-0.15, -0.1) is 0 Å². The number of esters is 1. The van der Waals surface area contributed by atoms with Gasteiger partial charge in [-0.2, -0.15) is 10.4 Å². The minimum absolute atomic E-state index is 0.0667. The summed E-state index contributed by atoms with van der Waals surface area (Å²) in [5, 5.41) is 14.1. The first-order valence-electron chi connectivity index (χ1n) is 8.50. The van der Waals surface area contributed by atoms with E-state index in [1.165, 1.54) is 13.2 Å². The lowest BCUT2D eigenvalue weighted by Crippen LogP contribution is -2.37. The summed E-state index contributed by atoms with van der Waals surface area (Å²) in [4.78, 5) is 11.8. The van der Waals surface area contributed by atoms with Crippen molar-refractivity contribution < 1.29 is 18.3 Å². The number of fused-ring (bicyclic) bond motifs is 3. The first-order chi connectivity index (χ1) is 12.4. The average Bonchev–Trinajstić information content (AvgIpc) is 3.00. The van der Waals surface area contributed by atoms with Crippen molar-refractivity contribution in [3.8, 4) is 17.3 Å². The molecule has 1 heterocycles. The van der Waals surface area contributed by atoms with Crippen molar-refractivity contribution in [1.82, 2.24) is 9.78 Å². The standard InChI is InChI=1S/C19H17F2N3O2/c1-26-18(25)14-4-12-2-3-13-10-24(9-11-6-19(20,21)7-11)23-17(13)16(12)15(5-14)8-22/h4-5,10-11H,2-3,6-7,9H2,1H3. The summed E-state index contributed by atoms with van der Waals surface area (Å²) in [5.74, 6) is -3.09. The van der Waals surface area contributed by atoms with Crippen molar-refractivity contribution in [2.75, 3.05) is 7.11 Å². The number of methoxy groups -OCH3 is 1. The Labute approximate surface area is 149 Å². The first-order valence-corrected chi connectivity index (χ1v) is 8.50. The molecule has 7 heteroatoms. The number of ether oxygens (including phenoxy) is 1. The third-order valence-electron chi connectivity index (χ3n) is 5.12. The minimum atomic E-state index is -2.54. The van der Waals surface area contributed by atoms with Crippen LogP contribution in [-0.2, 0) is 24.1 Å². The average molecular weight is 357 g/mol. The Morgan fingerprint density at radius 3 is 2.77 bits per heavy atom. The number of hydrogen-bond acceptors (Lipinski definition) is 4. The lowest BCUT2D eigenvalue weighted by Gasteiger charge is -2.34. The number of carbonyl (C=O) groups is 1. The summed E-state index contributed by atoms with van der Waals surface area (Å²) in [6.45, 7) is 0.458. The number of benzene rings is 1. The van der Waals surface area contributed by atoms with Gasteiger partial charge in [0.2, 0.25) is 5.92 Å². The third-order valence-corrected chi connectivity index (χ3v) is 5.12. The largest absolute Gasteiger partial charge is 0.465 e. The highest BCUT2D eigenvalue weighted by molar-refractivity contribution is 5.92. The zero-order valence-corrected chi connectivity index (χ0v) is 14.3. The lowest BCUT2D eigenvalue weighted by molar-refractivity contribution is -0.114. The number of aryl methyl sites for hydroxylation is 2. The van der Waals surface area contributed by atoms with Crippen LogP contribution in [0.15, 0.2) is 18.3 Å². The van der Waals surface area contributed by atoms with E-state index in [1.54, 1.807) is 10.7 Å². The molecule has 0 N–H and O–H groups in total. The monoisotopic (exact) mass is 357 g/mol. The molecular formula is C19H17F2N3O2. The van der Waals surface area contributed by atoms with Crippen LogP contribution in [0.25, 0.3) is 11.3 Å². The van der Waals surface area contributed by atoms with Gasteiger partial charge in [-0.3, -0.25) is 4.68 Å². The van der Waals surface area contributed by atoms with Crippen LogP contribution < -0.4 is 0 Å². The molecule has 2 aliphatic carbocycles. The molecule has 0 saturated heterocycles. The van der Waals surface area contributed by atoms with E-state index in [0.717, 1.165) is 23.1 Å². The van der Waals surface area contributed by atoms with Gasteiger partial charge in [-0.25, -0.2) is 13.6 Å². The van der Waals surface area contributed by atoms with Crippen molar-refractivity contribution in [3.05, 3.63) is 40.6 Å². The van der Waals surface area contributed by atoms with Gasteiger partial charge in [-0.1, -0.05) is 0 Å². The minimum Gasteiger partial charge on any atom is -0.465 e. The van der Waals surface area contributed by atoms with Crippen molar-refractivity contribution in [2.45, 2.75) is 38.2 Å². The lowest BCUT2D eigenvalue weighted by atomic mass is 9.81. The second kappa shape index (κ2) is 5.90. The fourth-order valence-corrected chi connectivity index (χ4v) is 3.90. The molecular weight excluding hydrogens is 340 g/mol. The summed E-state index contributed by atoms with van der Waals surface area (Å²) in [7, 11) is 1.30. The summed E-state index contributed by atoms with van der Waals surface area (Å²) >= 11 is 0. The van der Waals surface area contributed by atoms with E-state index in [9.17, 15) is 18.8 Å². The number of hydrogen-bond donors (Lipinski definition) is 0. The molecule has 26 heavy (non-hydrogen) atoms. The highest BCUT2D eigenvalue weighted by Crippen LogP contribution is 2.43. The Morgan fingerprint density at radius 1 is 1.38 bits per heavy atom. The smallest absolute Gasteiger partial charge is 0.337 e. The Morgan fingerprint density at radius 2 is 2.12 bits per heavy atom. The van der Waals surface area contributed by atoms with Crippen molar-refractivity contribution in [3.63, 3.8) is 0 Å². The van der Waals surface area contributed by atoms with Gasteiger partial charge in [0.15, 0.2) is 0 Å². The maximum atomic E-state index is 13.0. The van der Waals surface area contributed by atoms with Crippen LogP contribution in [-0.4, -0.2) is 28.8 Å². The van der Waals surface area contributed by atoms with Gasteiger partial charge in [0.25, 0.3) is 0 Å². The van der Waals surface area contributed by atoms with Gasteiger partial charge in [-0.05, 0) is 42.0 Å². The number of alkyl halides is 2. The molecule has 0 amide bonds. The van der Waals surface area contributed by atoms with E-state index >= 15 is 0 Å². The van der Waals surface area contributed by atoms with Crippen LogP contribution in [0.4, 0.5) is 8.78 Å². The molecule has 0 radical (unpaired) electrons. The molecule has 1 aromatic heterocycles. The molecule has 134 valence electrons. The number of rotatable bonds is 3. The molecule has 2 aliphatic rings. The number of nitriles is 1. The normalized spacial score (nSPS) is 17.6. The van der Waals surface area contributed by atoms with Crippen LogP contribution >= 0.6 is 0 Å². The Hall–Kier alpha value is -2.75. The molecule has 4 rings (SSSR count). The van der Waals surface area contributed by atoms with Gasteiger partial charge < -0.3 is 4.74 Å². The van der Waals surface area contributed by atoms with Crippen LogP contribution in [0.5, 0.6) is 0 Å². The topological polar surface area (TPSA) is 67.9 Å². The SMILES string of the molecule is COC(=O)c1cc(C#N)c2c(c1)CCc1cn(CC3CC(F)(F)C3)nc1-2. The molecule has 1 fully saturated rings. The molecule has 2 aromatic rings. The van der Waals surface area contributed by atoms with Gasteiger partial charge >= 0.3 is 5.97 Å². The third kappa shape index (κ3) is 2.75. The van der Waals surface area contributed by atoms with E-state index in [2.05, 4.69) is 11.2 Å². The molecule has 0 aliphatic heterocycles. The van der Waals surface area contributed by atoms with Crippen molar-refractivity contribution in [1.29, 1.82) is 5.26 Å². The van der Waals surface area contributed by atoms with E-state index in [1.807, 2.05) is 6.20 Å².